The zero-order chi connectivity index (χ0) is 18.5. The van der Waals surface area contributed by atoms with Crippen LogP contribution in [0.4, 0.5) is 0 Å². The number of rotatable bonds is 6. The van der Waals surface area contributed by atoms with Crippen molar-refractivity contribution in [2.45, 2.75) is 0 Å². The molecule has 0 spiro atoms. The predicted molar refractivity (Wildman–Crippen MR) is 104 cm³/mol. The van der Waals surface area contributed by atoms with Gasteiger partial charge in [0.25, 0.3) is 5.91 Å². The maximum absolute atomic E-state index is 12.8. The van der Waals surface area contributed by atoms with E-state index in [0.29, 0.717) is 30.2 Å². The second-order valence-corrected chi connectivity index (χ2v) is 5.97. The summed E-state index contributed by atoms with van der Waals surface area (Å²) >= 11 is 0. The van der Waals surface area contributed by atoms with Crippen molar-refractivity contribution in [3.8, 4) is 17.2 Å². The first kappa shape index (κ1) is 16.8. The highest BCUT2D eigenvalue weighted by atomic mass is 16.5. The summed E-state index contributed by atoms with van der Waals surface area (Å²) in [5.41, 5.74) is 1.94. The molecule has 2 aromatic heterocycles. The molecule has 0 saturated carbocycles. The van der Waals surface area contributed by atoms with Crippen LogP contribution in [-0.4, -0.2) is 24.0 Å². The zero-order valence-corrected chi connectivity index (χ0v) is 14.6. The van der Waals surface area contributed by atoms with Gasteiger partial charge in [-0.25, -0.2) is 4.98 Å². The van der Waals surface area contributed by atoms with Gasteiger partial charge < -0.3 is 14.5 Å². The van der Waals surface area contributed by atoms with Crippen LogP contribution in [0.3, 0.4) is 0 Å². The first-order chi connectivity index (χ1) is 13.3. The van der Waals surface area contributed by atoms with E-state index in [4.69, 9.17) is 9.15 Å². The number of benzene rings is 2. The number of nitrogens with zero attached hydrogens (tertiary/aromatic N) is 1. The van der Waals surface area contributed by atoms with Crippen molar-refractivity contribution >= 4 is 16.8 Å². The fourth-order valence-electron chi connectivity index (χ4n) is 2.86. The van der Waals surface area contributed by atoms with Crippen molar-refractivity contribution in [3.63, 3.8) is 0 Å². The monoisotopic (exact) mass is 358 g/mol. The predicted octanol–water partition coefficient (Wildman–Crippen LogP) is 4.30. The fourth-order valence-corrected chi connectivity index (χ4v) is 2.86. The molecule has 0 atom stereocenters. The lowest BCUT2D eigenvalue weighted by Crippen LogP contribution is -2.28. The lowest BCUT2D eigenvalue weighted by molar-refractivity contribution is 0.0948. The smallest absolute Gasteiger partial charge is 0.252 e. The topological polar surface area (TPSA) is 64.4 Å². The molecule has 1 N–H and O–H groups in total. The van der Waals surface area contributed by atoms with Crippen LogP contribution in [0.5, 0.6) is 5.75 Å². The van der Waals surface area contributed by atoms with E-state index in [1.165, 1.54) is 0 Å². The summed E-state index contributed by atoms with van der Waals surface area (Å²) in [6, 6.07) is 22.5. The molecule has 0 aliphatic heterocycles. The van der Waals surface area contributed by atoms with E-state index in [1.807, 2.05) is 60.7 Å². The first-order valence-electron chi connectivity index (χ1n) is 8.71. The van der Waals surface area contributed by atoms with Crippen LogP contribution in [0.2, 0.25) is 0 Å². The van der Waals surface area contributed by atoms with Crippen molar-refractivity contribution in [1.82, 2.24) is 10.3 Å². The fraction of sp³-hybridized carbons (Fsp3) is 0.0909. The van der Waals surface area contributed by atoms with Gasteiger partial charge in [0.05, 0.1) is 23.9 Å². The quantitative estimate of drug-likeness (QED) is 0.522. The van der Waals surface area contributed by atoms with Crippen molar-refractivity contribution in [2.75, 3.05) is 13.2 Å². The van der Waals surface area contributed by atoms with Gasteiger partial charge in [0.1, 0.15) is 18.1 Å². The highest BCUT2D eigenvalue weighted by molar-refractivity contribution is 6.07. The number of aromatic nitrogens is 1. The Morgan fingerprint density at radius 2 is 1.81 bits per heavy atom. The molecule has 134 valence electrons. The number of amides is 1. The Balaban J connectivity index is 1.52. The molecule has 2 heterocycles. The van der Waals surface area contributed by atoms with E-state index >= 15 is 0 Å². The minimum absolute atomic E-state index is 0.168. The Kier molecular flexibility index (Phi) is 4.83. The zero-order valence-electron chi connectivity index (χ0n) is 14.6. The summed E-state index contributed by atoms with van der Waals surface area (Å²) in [4.78, 5) is 17.4. The molecule has 0 fully saturated rings. The van der Waals surface area contributed by atoms with Crippen molar-refractivity contribution in [2.24, 2.45) is 0 Å². The van der Waals surface area contributed by atoms with Crippen molar-refractivity contribution < 1.29 is 13.9 Å². The number of para-hydroxylation sites is 2. The molecule has 5 heteroatoms. The number of carbonyl (C=O) groups is 1. The van der Waals surface area contributed by atoms with Crippen LogP contribution >= 0.6 is 0 Å². The molecule has 5 nitrogen and oxygen atoms in total. The number of hydrogen-bond donors (Lipinski definition) is 1. The second kappa shape index (κ2) is 7.74. The minimum atomic E-state index is -0.168. The number of fused-ring (bicyclic) bond motifs is 1. The van der Waals surface area contributed by atoms with E-state index in [9.17, 15) is 4.79 Å². The highest BCUT2D eigenvalue weighted by Crippen LogP contribution is 2.25. The van der Waals surface area contributed by atoms with Crippen LogP contribution < -0.4 is 10.1 Å². The summed E-state index contributed by atoms with van der Waals surface area (Å²) in [7, 11) is 0. The molecule has 4 aromatic rings. The third-order valence-electron chi connectivity index (χ3n) is 4.13. The van der Waals surface area contributed by atoms with Gasteiger partial charge in [-0.2, -0.15) is 0 Å². The van der Waals surface area contributed by atoms with Gasteiger partial charge in [0.15, 0.2) is 5.76 Å². The van der Waals surface area contributed by atoms with Crippen LogP contribution in [0.1, 0.15) is 10.4 Å². The molecule has 2 aromatic carbocycles. The summed E-state index contributed by atoms with van der Waals surface area (Å²) in [5, 5.41) is 3.71. The molecule has 0 aliphatic carbocycles. The molecular formula is C22H18N2O3. The summed E-state index contributed by atoms with van der Waals surface area (Å²) in [6.07, 6.45) is 1.59. The second-order valence-electron chi connectivity index (χ2n) is 5.97. The molecule has 27 heavy (non-hydrogen) atoms. The van der Waals surface area contributed by atoms with Crippen LogP contribution in [0.15, 0.2) is 83.5 Å². The van der Waals surface area contributed by atoms with Gasteiger partial charge in [-0.3, -0.25) is 4.79 Å². The molecule has 0 saturated heterocycles. The van der Waals surface area contributed by atoms with E-state index in [2.05, 4.69) is 10.3 Å². The number of hydrogen-bond acceptors (Lipinski definition) is 4. The normalized spacial score (nSPS) is 10.7. The lowest BCUT2D eigenvalue weighted by Gasteiger charge is -2.10. The summed E-state index contributed by atoms with van der Waals surface area (Å²) in [5.74, 6) is 1.24. The third-order valence-corrected chi connectivity index (χ3v) is 4.13. The van der Waals surface area contributed by atoms with Crippen LogP contribution in [0.25, 0.3) is 22.4 Å². The first-order valence-corrected chi connectivity index (χ1v) is 8.71. The molecule has 0 aliphatic rings. The number of ether oxygens (including phenoxy) is 1. The third kappa shape index (κ3) is 3.82. The van der Waals surface area contributed by atoms with Gasteiger partial charge in [-0.15, -0.1) is 0 Å². The van der Waals surface area contributed by atoms with E-state index in [0.717, 1.165) is 16.7 Å². The minimum Gasteiger partial charge on any atom is -0.492 e. The van der Waals surface area contributed by atoms with Crippen molar-refractivity contribution in [1.29, 1.82) is 0 Å². The number of carbonyl (C=O) groups excluding carboxylic acids is 1. The highest BCUT2D eigenvalue weighted by Gasteiger charge is 2.14. The van der Waals surface area contributed by atoms with Crippen LogP contribution in [-0.2, 0) is 0 Å². The largest absolute Gasteiger partial charge is 0.492 e. The standard InChI is InChI=1S/C22H18N2O3/c25-22(23-12-14-26-16-7-2-1-3-8-16)18-15-20(21-11-6-13-27-21)24-19-10-5-4-9-17(18)19/h1-11,13,15H,12,14H2,(H,23,25). The lowest BCUT2D eigenvalue weighted by atomic mass is 10.1. The SMILES string of the molecule is O=C(NCCOc1ccccc1)c1cc(-c2ccco2)nc2ccccc12. The van der Waals surface area contributed by atoms with Gasteiger partial charge in [-0.1, -0.05) is 36.4 Å². The van der Waals surface area contributed by atoms with Crippen molar-refractivity contribution in [3.05, 3.63) is 84.6 Å². The van der Waals surface area contributed by atoms with Gasteiger partial charge in [-0.05, 0) is 36.4 Å². The molecule has 0 unspecified atom stereocenters. The Labute approximate surface area is 156 Å². The average Bonchev–Trinajstić information content (AvgIpc) is 3.26. The molecule has 0 radical (unpaired) electrons. The maximum atomic E-state index is 12.8. The molecule has 4 rings (SSSR count). The molecule has 0 bridgehead atoms. The Hall–Kier alpha value is -3.60. The van der Waals surface area contributed by atoms with E-state index in [1.54, 1.807) is 18.4 Å². The van der Waals surface area contributed by atoms with Gasteiger partial charge in [0.2, 0.25) is 0 Å². The Morgan fingerprint density at radius 1 is 1.00 bits per heavy atom. The Morgan fingerprint density at radius 3 is 2.63 bits per heavy atom. The number of nitrogens with one attached hydrogen (secondary N) is 1. The maximum Gasteiger partial charge on any atom is 0.252 e. The van der Waals surface area contributed by atoms with E-state index < -0.39 is 0 Å². The number of pyridine rings is 1. The summed E-state index contributed by atoms with van der Waals surface area (Å²) < 4.78 is 11.1. The van der Waals surface area contributed by atoms with E-state index in [-0.39, 0.29) is 5.91 Å². The average molecular weight is 358 g/mol. The number of furan rings is 1. The summed E-state index contributed by atoms with van der Waals surface area (Å²) in [6.45, 7) is 0.796. The van der Waals surface area contributed by atoms with Crippen LogP contribution in [0, 0.1) is 0 Å². The van der Waals surface area contributed by atoms with Gasteiger partial charge in [0, 0.05) is 5.39 Å². The van der Waals surface area contributed by atoms with Gasteiger partial charge >= 0.3 is 0 Å². The molecular weight excluding hydrogens is 340 g/mol. The Bertz CT molecular complexity index is 1040. The molecule has 1 amide bonds.